The average Bonchev–Trinajstić information content (AvgIpc) is 4.13. The van der Waals surface area contributed by atoms with Crippen LogP contribution in [-0.2, 0) is 0 Å². The van der Waals surface area contributed by atoms with Crippen molar-refractivity contribution in [3.8, 4) is 46.2 Å². The highest BCUT2D eigenvalue weighted by Crippen LogP contribution is 2.45. The second-order valence-electron chi connectivity index (χ2n) is 16.7. The van der Waals surface area contributed by atoms with Gasteiger partial charge in [-0.05, 0) is 72.8 Å². The maximum atomic E-state index is 11.0. The quantitative estimate of drug-likeness (QED) is 0.172. The highest BCUT2D eigenvalue weighted by molar-refractivity contribution is 6.30. The van der Waals surface area contributed by atoms with E-state index < -0.39 is 0 Å². The van der Waals surface area contributed by atoms with Crippen molar-refractivity contribution in [1.29, 1.82) is 5.26 Å². The number of furan rings is 1. The van der Waals surface area contributed by atoms with E-state index in [1.54, 1.807) is 0 Å². The first-order valence-electron chi connectivity index (χ1n) is 21.9. The standard InChI is InChI=1S/C58H33N7O/c59-34-37-33-36(57-60-56(35-15-3-1-4-16-35)61-58(62-57)65-47-24-12-7-19-39(47)40-20-8-13-25-48(40)65)27-30-45(37)64-49-26-14-10-22-43(49)52-50(64)31-32-51-53(52)44-29-28-42-41-21-9-11-23-46(41)63(54(42)55(44)66-51)38-17-5-2-6-18-38/h1-33H. The fourth-order valence-corrected chi connectivity index (χ4v) is 10.3. The second kappa shape index (κ2) is 13.8. The van der Waals surface area contributed by atoms with Crippen molar-refractivity contribution >= 4 is 87.4 Å². The summed E-state index contributed by atoms with van der Waals surface area (Å²) in [5, 5.41) is 19.8. The molecule has 0 saturated heterocycles. The molecule has 0 unspecified atom stereocenters. The molecule has 66 heavy (non-hydrogen) atoms. The van der Waals surface area contributed by atoms with Crippen LogP contribution in [0.25, 0.3) is 127 Å². The summed E-state index contributed by atoms with van der Waals surface area (Å²) in [5.74, 6) is 1.51. The molecule has 306 valence electrons. The van der Waals surface area contributed by atoms with E-state index in [1.165, 1.54) is 5.39 Å². The number of benzene rings is 9. The average molecular weight is 844 g/mol. The molecule has 0 aliphatic heterocycles. The number of aromatic nitrogens is 6. The highest BCUT2D eigenvalue weighted by Gasteiger charge is 2.24. The van der Waals surface area contributed by atoms with Crippen LogP contribution >= 0.6 is 0 Å². The number of nitrogens with zero attached hydrogens (tertiary/aromatic N) is 7. The van der Waals surface area contributed by atoms with Crippen LogP contribution in [0.15, 0.2) is 205 Å². The van der Waals surface area contributed by atoms with Gasteiger partial charge in [0.1, 0.15) is 11.7 Å². The van der Waals surface area contributed by atoms with Crippen LogP contribution in [0.3, 0.4) is 0 Å². The fourth-order valence-electron chi connectivity index (χ4n) is 10.3. The van der Waals surface area contributed by atoms with Gasteiger partial charge in [-0.25, -0.2) is 4.98 Å². The first kappa shape index (κ1) is 36.2. The van der Waals surface area contributed by atoms with E-state index in [-0.39, 0.29) is 0 Å². The van der Waals surface area contributed by atoms with Crippen molar-refractivity contribution in [2.24, 2.45) is 0 Å². The molecular formula is C58H33N7O. The Balaban J connectivity index is 0.988. The van der Waals surface area contributed by atoms with E-state index in [1.807, 2.05) is 66.7 Å². The lowest BCUT2D eigenvalue weighted by atomic mass is 10.0. The van der Waals surface area contributed by atoms with Gasteiger partial charge in [0.2, 0.25) is 5.95 Å². The Morgan fingerprint density at radius 3 is 1.65 bits per heavy atom. The summed E-state index contributed by atoms with van der Waals surface area (Å²) in [6.45, 7) is 0. The van der Waals surface area contributed by atoms with Crippen molar-refractivity contribution in [3.05, 3.63) is 206 Å². The van der Waals surface area contributed by atoms with Gasteiger partial charge in [0.15, 0.2) is 17.2 Å². The van der Waals surface area contributed by atoms with Gasteiger partial charge >= 0.3 is 0 Å². The molecule has 0 atom stereocenters. The van der Waals surface area contributed by atoms with Gasteiger partial charge in [0.05, 0.1) is 44.4 Å². The lowest BCUT2D eigenvalue weighted by Gasteiger charge is -2.13. The van der Waals surface area contributed by atoms with E-state index in [0.29, 0.717) is 28.7 Å². The van der Waals surface area contributed by atoms with Gasteiger partial charge in [-0.3, -0.25) is 4.57 Å². The zero-order valence-electron chi connectivity index (χ0n) is 35.1. The molecule has 14 rings (SSSR count). The Hall–Kier alpha value is -9.32. The van der Waals surface area contributed by atoms with Crippen LogP contribution in [0.2, 0.25) is 0 Å². The normalized spacial score (nSPS) is 11.9. The molecule has 8 heteroatoms. The molecule has 0 aliphatic carbocycles. The summed E-state index contributed by atoms with van der Waals surface area (Å²) in [4.78, 5) is 15.3. The van der Waals surface area contributed by atoms with Gasteiger partial charge in [-0.1, -0.05) is 127 Å². The zero-order valence-corrected chi connectivity index (χ0v) is 35.1. The van der Waals surface area contributed by atoms with Gasteiger partial charge in [0, 0.05) is 59.9 Å². The van der Waals surface area contributed by atoms with Crippen LogP contribution in [0.1, 0.15) is 5.56 Å². The molecule has 0 aliphatic rings. The third kappa shape index (κ3) is 5.11. The van der Waals surface area contributed by atoms with Gasteiger partial charge < -0.3 is 13.6 Å². The van der Waals surface area contributed by atoms with Crippen LogP contribution in [-0.4, -0.2) is 28.7 Å². The Morgan fingerprint density at radius 2 is 0.970 bits per heavy atom. The Bertz CT molecular complexity index is 4310. The number of rotatable bonds is 5. The Morgan fingerprint density at radius 1 is 0.409 bits per heavy atom. The molecule has 9 aromatic carbocycles. The molecule has 14 aromatic rings. The molecule has 8 nitrogen and oxygen atoms in total. The molecule has 0 fully saturated rings. The lowest BCUT2D eigenvalue weighted by molar-refractivity contribution is 0.671. The lowest BCUT2D eigenvalue weighted by Crippen LogP contribution is -2.06. The van der Waals surface area contributed by atoms with E-state index in [9.17, 15) is 5.26 Å². The second-order valence-corrected chi connectivity index (χ2v) is 16.7. The van der Waals surface area contributed by atoms with Crippen LogP contribution < -0.4 is 0 Å². The molecule has 0 radical (unpaired) electrons. The number of nitriles is 1. The molecule has 0 N–H and O–H groups in total. The summed E-state index contributed by atoms with van der Waals surface area (Å²) in [6, 6.07) is 71.2. The number of hydrogen-bond donors (Lipinski definition) is 0. The minimum Gasteiger partial charge on any atom is -0.454 e. The monoisotopic (exact) mass is 843 g/mol. The SMILES string of the molecule is N#Cc1cc(-c2nc(-c3ccccc3)nc(-n3c4ccccc4c4ccccc43)n2)ccc1-n1c2ccccc2c2c3c(ccc21)oc1c3ccc2c3ccccc3n(-c3ccccc3)c21. The largest absolute Gasteiger partial charge is 0.454 e. The molecule has 0 bridgehead atoms. The van der Waals surface area contributed by atoms with Gasteiger partial charge in [-0.15, -0.1) is 0 Å². The number of fused-ring (bicyclic) bond motifs is 14. The fraction of sp³-hybridized carbons (Fsp3) is 0. The molecule has 0 amide bonds. The third-order valence-electron chi connectivity index (χ3n) is 13.1. The maximum Gasteiger partial charge on any atom is 0.238 e. The summed E-state index contributed by atoms with van der Waals surface area (Å²) in [6.07, 6.45) is 0. The van der Waals surface area contributed by atoms with Crippen LogP contribution in [0.5, 0.6) is 0 Å². The first-order valence-corrected chi connectivity index (χ1v) is 21.9. The van der Waals surface area contributed by atoms with Gasteiger partial charge in [-0.2, -0.15) is 15.2 Å². The number of para-hydroxylation sites is 5. The van der Waals surface area contributed by atoms with Crippen molar-refractivity contribution < 1.29 is 4.42 Å². The molecular weight excluding hydrogens is 811 g/mol. The van der Waals surface area contributed by atoms with Crippen molar-refractivity contribution in [1.82, 2.24) is 28.7 Å². The summed E-state index contributed by atoms with van der Waals surface area (Å²) in [5.41, 5.74) is 11.6. The van der Waals surface area contributed by atoms with Crippen LogP contribution in [0, 0.1) is 11.3 Å². The van der Waals surface area contributed by atoms with E-state index >= 15 is 0 Å². The predicted octanol–water partition coefficient (Wildman–Crippen LogP) is 14.3. The van der Waals surface area contributed by atoms with Crippen LogP contribution in [0.4, 0.5) is 0 Å². The van der Waals surface area contributed by atoms with E-state index in [4.69, 9.17) is 19.4 Å². The zero-order chi connectivity index (χ0) is 43.5. The topological polar surface area (TPSA) is 90.4 Å². The third-order valence-corrected chi connectivity index (χ3v) is 13.1. The Kier molecular flexibility index (Phi) is 7.59. The van der Waals surface area contributed by atoms with E-state index in [0.717, 1.165) is 98.9 Å². The van der Waals surface area contributed by atoms with Crippen molar-refractivity contribution in [3.63, 3.8) is 0 Å². The minimum atomic E-state index is 0.469. The molecule has 5 heterocycles. The number of hydrogen-bond acceptors (Lipinski definition) is 5. The Labute approximate surface area is 376 Å². The minimum absolute atomic E-state index is 0.469. The summed E-state index contributed by atoms with van der Waals surface area (Å²) < 4.78 is 13.6. The predicted molar refractivity (Wildman–Crippen MR) is 266 cm³/mol. The molecule has 0 saturated carbocycles. The van der Waals surface area contributed by atoms with Crippen molar-refractivity contribution in [2.45, 2.75) is 0 Å². The van der Waals surface area contributed by atoms with Crippen molar-refractivity contribution in [2.75, 3.05) is 0 Å². The first-order chi connectivity index (χ1) is 32.7. The van der Waals surface area contributed by atoms with E-state index in [2.05, 4.69) is 153 Å². The molecule has 0 spiro atoms. The summed E-state index contributed by atoms with van der Waals surface area (Å²) >= 11 is 0. The van der Waals surface area contributed by atoms with Gasteiger partial charge in [0.25, 0.3) is 0 Å². The molecule has 5 aromatic heterocycles. The highest BCUT2D eigenvalue weighted by atomic mass is 16.3. The smallest absolute Gasteiger partial charge is 0.238 e. The maximum absolute atomic E-state index is 11.0. The summed E-state index contributed by atoms with van der Waals surface area (Å²) in [7, 11) is 0.